The standard InChI is InChI=1S/C17H19BrN2O/c1-12-4-3-5-14(10-12)13(2)19-11-17(21)20-16-8-6-15(18)7-9-16/h3-10,13,19H,11H2,1-2H3,(H,20,21)/t13-/m0/s1. The predicted octanol–water partition coefficient (Wildman–Crippen LogP) is 4.05. The van der Waals surface area contributed by atoms with Gasteiger partial charge in [0.25, 0.3) is 0 Å². The number of hydrogen-bond donors (Lipinski definition) is 2. The minimum atomic E-state index is -0.0446. The monoisotopic (exact) mass is 346 g/mol. The van der Waals surface area contributed by atoms with Crippen molar-refractivity contribution in [2.24, 2.45) is 0 Å². The zero-order valence-electron chi connectivity index (χ0n) is 12.2. The normalized spacial score (nSPS) is 12.0. The van der Waals surface area contributed by atoms with Gasteiger partial charge in [-0.05, 0) is 43.7 Å². The van der Waals surface area contributed by atoms with Crippen molar-refractivity contribution in [2.75, 3.05) is 11.9 Å². The van der Waals surface area contributed by atoms with E-state index in [0.717, 1.165) is 10.2 Å². The van der Waals surface area contributed by atoms with Gasteiger partial charge >= 0.3 is 0 Å². The van der Waals surface area contributed by atoms with Crippen LogP contribution in [-0.2, 0) is 4.79 Å². The first kappa shape index (κ1) is 15.7. The zero-order chi connectivity index (χ0) is 15.2. The second-order valence-electron chi connectivity index (χ2n) is 5.07. The molecule has 0 aliphatic rings. The Balaban J connectivity index is 1.84. The number of nitrogens with one attached hydrogen (secondary N) is 2. The van der Waals surface area contributed by atoms with Gasteiger partial charge < -0.3 is 10.6 Å². The average Bonchev–Trinajstić information content (AvgIpc) is 2.47. The molecule has 21 heavy (non-hydrogen) atoms. The first-order valence-corrected chi connectivity index (χ1v) is 7.69. The van der Waals surface area contributed by atoms with Crippen molar-refractivity contribution in [3.8, 4) is 0 Å². The van der Waals surface area contributed by atoms with Crippen LogP contribution in [0.1, 0.15) is 24.1 Å². The molecule has 0 saturated heterocycles. The summed E-state index contributed by atoms with van der Waals surface area (Å²) in [6.07, 6.45) is 0. The molecule has 2 aromatic carbocycles. The Labute approximate surface area is 133 Å². The molecule has 0 aliphatic heterocycles. The largest absolute Gasteiger partial charge is 0.325 e. The first-order chi connectivity index (χ1) is 10.0. The highest BCUT2D eigenvalue weighted by Crippen LogP contribution is 2.15. The molecule has 0 spiro atoms. The molecule has 0 aliphatic carbocycles. The van der Waals surface area contributed by atoms with Gasteiger partial charge in [0, 0.05) is 16.2 Å². The summed E-state index contributed by atoms with van der Waals surface area (Å²) in [6, 6.07) is 16.0. The van der Waals surface area contributed by atoms with Gasteiger partial charge in [-0.3, -0.25) is 4.79 Å². The van der Waals surface area contributed by atoms with Gasteiger partial charge in [0.2, 0.25) is 5.91 Å². The Morgan fingerprint density at radius 3 is 2.57 bits per heavy atom. The van der Waals surface area contributed by atoms with E-state index in [9.17, 15) is 4.79 Å². The molecule has 110 valence electrons. The molecule has 0 radical (unpaired) electrons. The fraction of sp³-hybridized carbons (Fsp3) is 0.235. The minimum Gasteiger partial charge on any atom is -0.325 e. The summed E-state index contributed by atoms with van der Waals surface area (Å²) in [6.45, 7) is 4.41. The Kier molecular flexibility index (Phi) is 5.53. The van der Waals surface area contributed by atoms with E-state index >= 15 is 0 Å². The molecule has 4 heteroatoms. The first-order valence-electron chi connectivity index (χ1n) is 6.90. The van der Waals surface area contributed by atoms with E-state index in [0.29, 0.717) is 0 Å². The van der Waals surface area contributed by atoms with Crippen LogP contribution in [0.25, 0.3) is 0 Å². The van der Waals surface area contributed by atoms with Crippen molar-refractivity contribution in [3.63, 3.8) is 0 Å². The van der Waals surface area contributed by atoms with Crippen LogP contribution in [0, 0.1) is 6.92 Å². The van der Waals surface area contributed by atoms with Crippen molar-refractivity contribution in [1.29, 1.82) is 0 Å². The number of amides is 1. The lowest BCUT2D eigenvalue weighted by Crippen LogP contribution is -2.30. The fourth-order valence-electron chi connectivity index (χ4n) is 2.04. The number of carbonyl (C=O) groups is 1. The summed E-state index contributed by atoms with van der Waals surface area (Å²) in [7, 11) is 0. The lowest BCUT2D eigenvalue weighted by atomic mass is 10.1. The van der Waals surface area contributed by atoms with Crippen LogP contribution in [0.3, 0.4) is 0 Å². The minimum absolute atomic E-state index is 0.0446. The highest BCUT2D eigenvalue weighted by molar-refractivity contribution is 9.10. The third-order valence-electron chi connectivity index (χ3n) is 3.24. The van der Waals surface area contributed by atoms with Gasteiger partial charge in [-0.25, -0.2) is 0 Å². The number of halogens is 1. The Bertz CT molecular complexity index is 610. The number of benzene rings is 2. The summed E-state index contributed by atoms with van der Waals surface area (Å²) in [5, 5.41) is 6.10. The topological polar surface area (TPSA) is 41.1 Å². The van der Waals surface area contributed by atoms with Gasteiger partial charge in [-0.15, -0.1) is 0 Å². The number of anilines is 1. The molecule has 2 rings (SSSR count). The summed E-state index contributed by atoms with van der Waals surface area (Å²) in [5.41, 5.74) is 3.21. The maximum Gasteiger partial charge on any atom is 0.238 e. The highest BCUT2D eigenvalue weighted by atomic mass is 79.9. The van der Waals surface area contributed by atoms with E-state index in [1.807, 2.05) is 30.3 Å². The molecule has 3 nitrogen and oxygen atoms in total. The highest BCUT2D eigenvalue weighted by Gasteiger charge is 2.08. The molecule has 0 bridgehead atoms. The number of carbonyl (C=O) groups excluding carboxylic acids is 1. The van der Waals surface area contributed by atoms with Crippen molar-refractivity contribution >= 4 is 27.5 Å². The molecule has 0 unspecified atom stereocenters. The summed E-state index contributed by atoms with van der Waals surface area (Å²) in [4.78, 5) is 11.9. The maximum atomic E-state index is 11.9. The van der Waals surface area contributed by atoms with Crippen LogP contribution >= 0.6 is 15.9 Å². The molecular formula is C17H19BrN2O. The van der Waals surface area contributed by atoms with Gasteiger partial charge in [-0.2, -0.15) is 0 Å². The molecule has 1 atom stereocenters. The van der Waals surface area contributed by atoms with Crippen molar-refractivity contribution in [2.45, 2.75) is 19.9 Å². The van der Waals surface area contributed by atoms with Crippen LogP contribution in [0.15, 0.2) is 53.0 Å². The van der Waals surface area contributed by atoms with Crippen LogP contribution in [-0.4, -0.2) is 12.5 Å². The molecule has 0 heterocycles. The third-order valence-corrected chi connectivity index (χ3v) is 3.77. The second-order valence-corrected chi connectivity index (χ2v) is 5.99. The van der Waals surface area contributed by atoms with Gasteiger partial charge in [0.15, 0.2) is 0 Å². The lowest BCUT2D eigenvalue weighted by molar-refractivity contribution is -0.115. The van der Waals surface area contributed by atoms with E-state index in [1.54, 1.807) is 0 Å². The Morgan fingerprint density at radius 2 is 1.90 bits per heavy atom. The second kappa shape index (κ2) is 7.38. The molecule has 0 fully saturated rings. The Morgan fingerprint density at radius 1 is 1.19 bits per heavy atom. The molecule has 0 saturated carbocycles. The summed E-state index contributed by atoms with van der Waals surface area (Å²) in [5.74, 6) is -0.0446. The smallest absolute Gasteiger partial charge is 0.238 e. The molecule has 0 aromatic heterocycles. The lowest BCUT2D eigenvalue weighted by Gasteiger charge is -2.14. The van der Waals surface area contributed by atoms with Crippen LogP contribution < -0.4 is 10.6 Å². The molecule has 2 N–H and O–H groups in total. The predicted molar refractivity (Wildman–Crippen MR) is 90.4 cm³/mol. The van der Waals surface area contributed by atoms with Gasteiger partial charge in [0.1, 0.15) is 0 Å². The summed E-state index contributed by atoms with van der Waals surface area (Å²) < 4.78 is 0.992. The molecule has 1 amide bonds. The average molecular weight is 347 g/mol. The van der Waals surface area contributed by atoms with Gasteiger partial charge in [0.05, 0.1) is 6.54 Å². The molecule has 2 aromatic rings. The quantitative estimate of drug-likeness (QED) is 0.857. The van der Waals surface area contributed by atoms with Crippen LogP contribution in [0.5, 0.6) is 0 Å². The van der Waals surface area contributed by atoms with Crippen molar-refractivity contribution in [3.05, 3.63) is 64.1 Å². The SMILES string of the molecule is Cc1cccc([C@H](C)NCC(=O)Nc2ccc(Br)cc2)c1. The zero-order valence-corrected chi connectivity index (χ0v) is 13.8. The fourth-order valence-corrected chi connectivity index (χ4v) is 2.31. The van der Waals surface area contributed by atoms with E-state index in [1.165, 1.54) is 11.1 Å². The number of hydrogen-bond acceptors (Lipinski definition) is 2. The number of aryl methyl sites for hydroxylation is 1. The third kappa shape index (κ3) is 4.99. The van der Waals surface area contributed by atoms with E-state index < -0.39 is 0 Å². The summed E-state index contributed by atoms with van der Waals surface area (Å²) >= 11 is 3.37. The van der Waals surface area contributed by atoms with E-state index in [2.05, 4.69) is 58.6 Å². The van der Waals surface area contributed by atoms with E-state index in [4.69, 9.17) is 0 Å². The number of rotatable bonds is 5. The van der Waals surface area contributed by atoms with E-state index in [-0.39, 0.29) is 18.5 Å². The van der Waals surface area contributed by atoms with Crippen LogP contribution in [0.4, 0.5) is 5.69 Å². The van der Waals surface area contributed by atoms with Crippen LogP contribution in [0.2, 0.25) is 0 Å². The Hall–Kier alpha value is -1.65. The van der Waals surface area contributed by atoms with Crippen molar-refractivity contribution < 1.29 is 4.79 Å². The van der Waals surface area contributed by atoms with Crippen molar-refractivity contribution in [1.82, 2.24) is 5.32 Å². The maximum absolute atomic E-state index is 11.9. The van der Waals surface area contributed by atoms with Gasteiger partial charge in [-0.1, -0.05) is 45.8 Å². The molecular weight excluding hydrogens is 328 g/mol.